The summed E-state index contributed by atoms with van der Waals surface area (Å²) < 4.78 is 5.54. The van der Waals surface area contributed by atoms with Crippen molar-refractivity contribution in [2.45, 2.75) is 46.1 Å². The molecule has 2 heterocycles. The number of hydrogen-bond donors (Lipinski definition) is 2. The summed E-state index contributed by atoms with van der Waals surface area (Å²) in [4.78, 5) is 11.5. The number of aromatic nitrogens is 1. The van der Waals surface area contributed by atoms with E-state index in [0.717, 1.165) is 62.5 Å². The van der Waals surface area contributed by atoms with Gasteiger partial charge in [-0.15, -0.1) is 35.3 Å². The first-order valence-corrected chi connectivity index (χ1v) is 10.7. The van der Waals surface area contributed by atoms with Crippen LogP contribution in [-0.2, 0) is 11.2 Å². The standard InChI is InChI=1S/C19H35N5OS.HI/c1-5-16(6-2)18(24-9-11-25-12-10-24)13-22-19(20-4)21-8-7-17-14-26-15(3)23-17;/h14,16,18H,5-13H2,1-4H3,(H2,20,21,22);1H. The number of thiazole rings is 1. The van der Waals surface area contributed by atoms with Crippen molar-refractivity contribution in [2.24, 2.45) is 10.9 Å². The van der Waals surface area contributed by atoms with E-state index in [2.05, 4.69) is 44.7 Å². The van der Waals surface area contributed by atoms with E-state index in [1.54, 1.807) is 11.3 Å². The SMILES string of the molecule is CCC(CC)C(CNC(=NC)NCCc1csc(C)n1)N1CCOCC1.I. The van der Waals surface area contributed by atoms with E-state index in [4.69, 9.17) is 4.74 Å². The van der Waals surface area contributed by atoms with Gasteiger partial charge in [0.1, 0.15) is 0 Å². The van der Waals surface area contributed by atoms with Crippen LogP contribution in [0.5, 0.6) is 0 Å². The fraction of sp³-hybridized carbons (Fsp3) is 0.789. The number of halogens is 1. The molecular weight excluding hydrogens is 473 g/mol. The fourth-order valence-corrected chi connectivity index (χ4v) is 4.24. The van der Waals surface area contributed by atoms with Gasteiger partial charge in [-0.25, -0.2) is 4.98 Å². The van der Waals surface area contributed by atoms with E-state index in [0.29, 0.717) is 12.0 Å². The average molecular weight is 510 g/mol. The van der Waals surface area contributed by atoms with Gasteiger partial charge >= 0.3 is 0 Å². The lowest BCUT2D eigenvalue weighted by molar-refractivity contribution is 0.00272. The smallest absolute Gasteiger partial charge is 0.191 e. The van der Waals surface area contributed by atoms with Gasteiger partial charge in [-0.1, -0.05) is 26.7 Å². The molecule has 1 aliphatic rings. The van der Waals surface area contributed by atoms with Crippen LogP contribution in [0.15, 0.2) is 10.4 Å². The molecule has 0 saturated carbocycles. The Kier molecular flexibility index (Phi) is 12.5. The summed E-state index contributed by atoms with van der Waals surface area (Å²) in [6, 6.07) is 0.522. The van der Waals surface area contributed by atoms with E-state index in [-0.39, 0.29) is 24.0 Å². The fourth-order valence-electron chi connectivity index (χ4n) is 3.59. The molecule has 2 rings (SSSR count). The predicted molar refractivity (Wildman–Crippen MR) is 126 cm³/mol. The molecule has 0 radical (unpaired) electrons. The largest absolute Gasteiger partial charge is 0.379 e. The molecule has 8 heteroatoms. The molecule has 156 valence electrons. The Morgan fingerprint density at radius 2 is 2.00 bits per heavy atom. The molecular formula is C19H36IN5OS. The van der Waals surface area contributed by atoms with Crippen LogP contribution in [0.2, 0.25) is 0 Å². The lowest BCUT2D eigenvalue weighted by Gasteiger charge is -2.39. The first-order valence-electron chi connectivity index (χ1n) is 9.85. The maximum atomic E-state index is 5.54. The number of rotatable bonds is 9. The van der Waals surface area contributed by atoms with Gasteiger partial charge in [-0.3, -0.25) is 9.89 Å². The van der Waals surface area contributed by atoms with E-state index >= 15 is 0 Å². The Labute approximate surface area is 185 Å². The highest BCUT2D eigenvalue weighted by atomic mass is 127. The summed E-state index contributed by atoms with van der Waals surface area (Å²) in [6.45, 7) is 12.1. The molecule has 1 saturated heterocycles. The molecule has 2 N–H and O–H groups in total. The normalized spacial score (nSPS) is 16.9. The van der Waals surface area contributed by atoms with E-state index in [1.165, 1.54) is 12.8 Å². The first kappa shape index (κ1) is 24.6. The molecule has 0 spiro atoms. The monoisotopic (exact) mass is 509 g/mol. The number of morpholine rings is 1. The van der Waals surface area contributed by atoms with Crippen molar-refractivity contribution < 1.29 is 4.74 Å². The van der Waals surface area contributed by atoms with Crippen molar-refractivity contribution >= 4 is 41.3 Å². The van der Waals surface area contributed by atoms with Crippen LogP contribution in [-0.4, -0.2) is 68.3 Å². The summed E-state index contributed by atoms with van der Waals surface area (Å²) in [6.07, 6.45) is 3.33. The number of guanidine groups is 1. The second-order valence-corrected chi connectivity index (χ2v) is 7.84. The molecule has 1 aliphatic heterocycles. The summed E-state index contributed by atoms with van der Waals surface area (Å²) in [5, 5.41) is 10.2. The van der Waals surface area contributed by atoms with Gasteiger partial charge in [0.05, 0.1) is 23.9 Å². The summed E-state index contributed by atoms with van der Waals surface area (Å²) >= 11 is 1.71. The molecule has 1 fully saturated rings. The molecule has 0 aromatic carbocycles. The van der Waals surface area contributed by atoms with Gasteiger partial charge in [0, 0.05) is 51.1 Å². The van der Waals surface area contributed by atoms with Gasteiger partial charge in [-0.05, 0) is 12.8 Å². The van der Waals surface area contributed by atoms with Crippen LogP contribution < -0.4 is 10.6 Å². The van der Waals surface area contributed by atoms with Crippen molar-refractivity contribution in [2.75, 3.05) is 46.4 Å². The molecule has 1 unspecified atom stereocenters. The van der Waals surface area contributed by atoms with Crippen molar-refractivity contribution in [1.82, 2.24) is 20.5 Å². The zero-order valence-corrected chi connectivity index (χ0v) is 20.3. The Hall–Kier alpha value is -0.450. The van der Waals surface area contributed by atoms with Crippen molar-refractivity contribution in [3.05, 3.63) is 16.1 Å². The van der Waals surface area contributed by atoms with Gasteiger partial charge < -0.3 is 15.4 Å². The lowest BCUT2D eigenvalue weighted by atomic mass is 9.92. The van der Waals surface area contributed by atoms with Gasteiger partial charge in [0.2, 0.25) is 0 Å². The Balaban J connectivity index is 0.00000364. The van der Waals surface area contributed by atoms with Crippen molar-refractivity contribution in [3.63, 3.8) is 0 Å². The molecule has 27 heavy (non-hydrogen) atoms. The zero-order valence-electron chi connectivity index (χ0n) is 17.2. The number of aliphatic imine (C=N–C) groups is 1. The Bertz CT molecular complexity index is 544. The van der Waals surface area contributed by atoms with Crippen LogP contribution in [0.3, 0.4) is 0 Å². The third-order valence-corrected chi connectivity index (χ3v) is 5.97. The highest BCUT2D eigenvalue weighted by Crippen LogP contribution is 2.19. The highest BCUT2D eigenvalue weighted by molar-refractivity contribution is 14.0. The molecule has 0 aliphatic carbocycles. The molecule has 1 aromatic heterocycles. The topological polar surface area (TPSA) is 61.8 Å². The maximum absolute atomic E-state index is 5.54. The first-order chi connectivity index (χ1) is 12.7. The minimum Gasteiger partial charge on any atom is -0.379 e. The van der Waals surface area contributed by atoms with Crippen LogP contribution in [0.25, 0.3) is 0 Å². The third-order valence-electron chi connectivity index (χ3n) is 5.15. The molecule has 1 aromatic rings. The van der Waals surface area contributed by atoms with Crippen LogP contribution in [0, 0.1) is 12.8 Å². The van der Waals surface area contributed by atoms with E-state index < -0.39 is 0 Å². The second kappa shape index (κ2) is 13.7. The van der Waals surface area contributed by atoms with Crippen LogP contribution >= 0.6 is 35.3 Å². The van der Waals surface area contributed by atoms with Crippen molar-refractivity contribution in [3.8, 4) is 0 Å². The number of nitrogens with zero attached hydrogens (tertiary/aromatic N) is 3. The summed E-state index contributed by atoms with van der Waals surface area (Å²) in [5.74, 6) is 1.57. The average Bonchev–Trinajstić information content (AvgIpc) is 3.09. The van der Waals surface area contributed by atoms with E-state index in [1.807, 2.05) is 14.0 Å². The second-order valence-electron chi connectivity index (χ2n) is 6.78. The van der Waals surface area contributed by atoms with Crippen molar-refractivity contribution in [1.29, 1.82) is 0 Å². The minimum absolute atomic E-state index is 0. The molecule has 1 atom stereocenters. The third kappa shape index (κ3) is 8.21. The summed E-state index contributed by atoms with van der Waals surface area (Å²) in [5.41, 5.74) is 1.15. The zero-order chi connectivity index (χ0) is 18.8. The Morgan fingerprint density at radius 3 is 2.56 bits per heavy atom. The van der Waals surface area contributed by atoms with E-state index in [9.17, 15) is 0 Å². The number of ether oxygens (including phenoxy) is 1. The van der Waals surface area contributed by atoms with Gasteiger partial charge in [0.15, 0.2) is 5.96 Å². The molecule has 6 nitrogen and oxygen atoms in total. The predicted octanol–water partition coefficient (Wildman–Crippen LogP) is 2.91. The number of hydrogen-bond acceptors (Lipinski definition) is 5. The quantitative estimate of drug-likeness (QED) is 0.305. The lowest BCUT2D eigenvalue weighted by Crippen LogP contribution is -2.53. The van der Waals surface area contributed by atoms with Crippen LogP contribution in [0.1, 0.15) is 37.4 Å². The number of aryl methyl sites for hydroxylation is 1. The molecule has 0 amide bonds. The highest BCUT2D eigenvalue weighted by Gasteiger charge is 2.26. The minimum atomic E-state index is 0. The summed E-state index contributed by atoms with van der Waals surface area (Å²) in [7, 11) is 1.84. The van der Waals surface area contributed by atoms with Gasteiger partial charge in [-0.2, -0.15) is 0 Å². The number of nitrogens with one attached hydrogen (secondary N) is 2. The maximum Gasteiger partial charge on any atom is 0.191 e. The van der Waals surface area contributed by atoms with Crippen LogP contribution in [0.4, 0.5) is 0 Å². The molecule has 0 bridgehead atoms. The van der Waals surface area contributed by atoms with Gasteiger partial charge in [0.25, 0.3) is 0 Å². The Morgan fingerprint density at radius 1 is 1.30 bits per heavy atom.